The smallest absolute Gasteiger partial charge is 0.333 e. The number of aromatic nitrogens is 2. The fourth-order valence-corrected chi connectivity index (χ4v) is 6.24. The van der Waals surface area contributed by atoms with Crippen molar-refractivity contribution in [3.8, 4) is 0 Å². The molecule has 2 aromatic heterocycles. The Bertz CT molecular complexity index is 1420. The van der Waals surface area contributed by atoms with Gasteiger partial charge in [0.15, 0.2) is 0 Å². The number of carbonyl (C=O) groups excluding carboxylic acids is 1. The summed E-state index contributed by atoms with van der Waals surface area (Å²) >= 11 is 7.54. The van der Waals surface area contributed by atoms with Crippen molar-refractivity contribution >= 4 is 44.8 Å². The Morgan fingerprint density at radius 1 is 1.32 bits per heavy atom. The van der Waals surface area contributed by atoms with Crippen LogP contribution >= 0.6 is 22.9 Å². The standard InChI is InChI=1S/C24H25ClN4O6S2/c25-16-2-1-13-3-4-34-23(18(13)7-16)15-6-21(36-11-15)22(31)19-9-27-12-28-24(19)29-17-5-14(20(30)8-17)10-35-37(26,32)33/h1-2,6-7,9,11-12,14,17,20,23,30H,3-5,8,10H2,(H2,26,32,33)(H,27,28,29)/t14-,17-,20+,23-/m1/s1. The van der Waals surface area contributed by atoms with Gasteiger partial charge >= 0.3 is 10.3 Å². The quantitative estimate of drug-likeness (QED) is 0.350. The molecule has 13 heteroatoms. The number of thiophene rings is 1. The van der Waals surface area contributed by atoms with E-state index < -0.39 is 22.3 Å². The highest BCUT2D eigenvalue weighted by Gasteiger charge is 2.35. The third kappa shape index (κ3) is 6.01. The number of carbonyl (C=O) groups is 1. The van der Waals surface area contributed by atoms with E-state index in [9.17, 15) is 18.3 Å². The molecule has 0 radical (unpaired) electrons. The maximum Gasteiger partial charge on any atom is 0.333 e. The van der Waals surface area contributed by atoms with Gasteiger partial charge in [-0.05, 0) is 59.5 Å². The van der Waals surface area contributed by atoms with Crippen molar-refractivity contribution in [3.63, 3.8) is 0 Å². The predicted molar refractivity (Wildman–Crippen MR) is 138 cm³/mol. The van der Waals surface area contributed by atoms with E-state index in [4.69, 9.17) is 21.5 Å². The van der Waals surface area contributed by atoms with E-state index in [0.717, 1.165) is 17.5 Å². The lowest BCUT2D eigenvalue weighted by atomic mass is 9.94. The number of benzene rings is 1. The number of ether oxygens (including phenoxy) is 1. The minimum Gasteiger partial charge on any atom is -0.393 e. The molecular formula is C24H25ClN4O6S2. The van der Waals surface area contributed by atoms with Gasteiger partial charge in [-0.2, -0.15) is 8.42 Å². The summed E-state index contributed by atoms with van der Waals surface area (Å²) in [7, 11) is -4.10. The van der Waals surface area contributed by atoms with Crippen LogP contribution in [0.1, 0.15) is 50.9 Å². The summed E-state index contributed by atoms with van der Waals surface area (Å²) < 4.78 is 32.9. The first-order chi connectivity index (χ1) is 17.7. The summed E-state index contributed by atoms with van der Waals surface area (Å²) in [6.07, 6.45) is 3.26. The van der Waals surface area contributed by atoms with Gasteiger partial charge in [-0.1, -0.05) is 17.7 Å². The first-order valence-electron chi connectivity index (χ1n) is 11.6. The largest absolute Gasteiger partial charge is 0.393 e. The average Bonchev–Trinajstić information content (AvgIpc) is 3.48. The van der Waals surface area contributed by atoms with Gasteiger partial charge in [0.2, 0.25) is 5.78 Å². The topological polar surface area (TPSA) is 154 Å². The van der Waals surface area contributed by atoms with Crippen molar-refractivity contribution in [2.24, 2.45) is 11.1 Å². The zero-order valence-electron chi connectivity index (χ0n) is 19.5. The number of hydrogen-bond donors (Lipinski definition) is 3. The molecule has 0 bridgehead atoms. The van der Waals surface area contributed by atoms with Gasteiger partial charge in [-0.15, -0.1) is 11.3 Å². The number of aliphatic hydroxyl groups is 1. The number of hydrogen-bond acceptors (Lipinski definition) is 10. The molecule has 5 rings (SSSR count). The summed E-state index contributed by atoms with van der Waals surface area (Å²) in [5.41, 5.74) is 3.35. The maximum absolute atomic E-state index is 13.5. The second-order valence-corrected chi connectivity index (χ2v) is 11.7. The molecule has 3 heterocycles. The molecule has 2 aliphatic rings. The lowest BCUT2D eigenvalue weighted by Crippen LogP contribution is -2.24. The van der Waals surface area contributed by atoms with Crippen LogP contribution in [-0.2, 0) is 25.6 Å². The van der Waals surface area contributed by atoms with Crippen molar-refractivity contribution in [2.45, 2.75) is 37.5 Å². The normalized spacial score (nSPS) is 23.5. The summed E-state index contributed by atoms with van der Waals surface area (Å²) in [4.78, 5) is 22.3. The van der Waals surface area contributed by atoms with Crippen LogP contribution in [-0.4, -0.2) is 54.6 Å². The monoisotopic (exact) mass is 564 g/mol. The zero-order chi connectivity index (χ0) is 26.2. The van der Waals surface area contributed by atoms with Crippen molar-refractivity contribution < 1.29 is 27.2 Å². The first-order valence-corrected chi connectivity index (χ1v) is 14.4. The van der Waals surface area contributed by atoms with Gasteiger partial charge in [-0.25, -0.2) is 15.1 Å². The number of aliphatic hydroxyl groups excluding tert-OH is 1. The lowest BCUT2D eigenvalue weighted by molar-refractivity contribution is 0.0701. The molecule has 1 saturated carbocycles. The molecule has 10 nitrogen and oxygen atoms in total. The van der Waals surface area contributed by atoms with E-state index in [2.05, 4.69) is 19.5 Å². The molecule has 0 unspecified atom stereocenters. The molecule has 0 spiro atoms. The van der Waals surface area contributed by atoms with Gasteiger partial charge < -0.3 is 15.2 Å². The summed E-state index contributed by atoms with van der Waals surface area (Å²) in [6.45, 7) is 0.360. The van der Waals surface area contributed by atoms with Crippen LogP contribution in [0.4, 0.5) is 5.82 Å². The number of nitrogens with zero attached hydrogens (tertiary/aromatic N) is 2. The van der Waals surface area contributed by atoms with E-state index >= 15 is 0 Å². The average molecular weight is 565 g/mol. The molecule has 1 aromatic carbocycles. The summed E-state index contributed by atoms with van der Waals surface area (Å²) in [6, 6.07) is 7.36. The fourth-order valence-electron chi connectivity index (χ4n) is 4.82. The number of nitrogens with one attached hydrogen (secondary N) is 1. The highest BCUT2D eigenvalue weighted by molar-refractivity contribution is 7.84. The highest BCUT2D eigenvalue weighted by atomic mass is 35.5. The van der Waals surface area contributed by atoms with E-state index in [0.29, 0.717) is 40.7 Å². The van der Waals surface area contributed by atoms with Gasteiger partial charge in [0, 0.05) is 23.2 Å². The third-order valence-electron chi connectivity index (χ3n) is 6.59. The Labute approximate surface area is 223 Å². The Hall–Kier alpha value is -2.45. The molecular weight excluding hydrogens is 540 g/mol. The second-order valence-electron chi connectivity index (χ2n) is 9.12. The van der Waals surface area contributed by atoms with Crippen LogP contribution in [0.5, 0.6) is 0 Å². The first kappa shape index (κ1) is 26.2. The van der Waals surface area contributed by atoms with Crippen molar-refractivity contribution in [1.82, 2.24) is 9.97 Å². The minimum atomic E-state index is -4.10. The van der Waals surface area contributed by atoms with Crippen LogP contribution in [0.25, 0.3) is 0 Å². The molecule has 0 saturated heterocycles. The SMILES string of the molecule is NS(=O)(=O)OC[C@H]1C[C@@H](Nc2ncncc2C(=O)c2cc([C@H]3OCCc4ccc(Cl)cc43)cs2)C[C@@H]1O. The number of nitrogens with two attached hydrogens (primary N) is 1. The van der Waals surface area contributed by atoms with Crippen LogP contribution in [0.3, 0.4) is 0 Å². The van der Waals surface area contributed by atoms with Crippen LogP contribution < -0.4 is 10.5 Å². The van der Waals surface area contributed by atoms with Gasteiger partial charge in [0.25, 0.3) is 0 Å². The van der Waals surface area contributed by atoms with Crippen LogP contribution in [0.15, 0.2) is 42.2 Å². The van der Waals surface area contributed by atoms with E-state index in [1.54, 1.807) is 0 Å². The van der Waals surface area contributed by atoms with Gasteiger partial charge in [-0.3, -0.25) is 8.98 Å². The number of ketones is 1. The van der Waals surface area contributed by atoms with Crippen LogP contribution in [0, 0.1) is 5.92 Å². The van der Waals surface area contributed by atoms with E-state index in [-0.39, 0.29) is 24.5 Å². The Morgan fingerprint density at radius 3 is 2.97 bits per heavy atom. The Balaban J connectivity index is 1.32. The molecule has 37 heavy (non-hydrogen) atoms. The van der Waals surface area contributed by atoms with Crippen molar-refractivity contribution in [1.29, 1.82) is 0 Å². The molecule has 1 fully saturated rings. The van der Waals surface area contributed by atoms with Gasteiger partial charge in [0.05, 0.1) is 29.8 Å². The zero-order valence-corrected chi connectivity index (χ0v) is 21.9. The summed E-state index contributed by atoms with van der Waals surface area (Å²) in [5, 5.41) is 21.0. The molecule has 4 atom stereocenters. The van der Waals surface area contributed by atoms with Gasteiger partial charge in [0.1, 0.15) is 18.2 Å². The predicted octanol–water partition coefficient (Wildman–Crippen LogP) is 2.86. The molecule has 4 N–H and O–H groups in total. The van der Waals surface area contributed by atoms with Crippen molar-refractivity contribution in [2.75, 3.05) is 18.5 Å². The van der Waals surface area contributed by atoms with Crippen molar-refractivity contribution in [3.05, 3.63) is 74.3 Å². The third-order valence-corrected chi connectivity index (χ3v) is 8.24. The molecule has 3 aromatic rings. The highest BCUT2D eigenvalue weighted by Crippen LogP contribution is 2.37. The van der Waals surface area contributed by atoms with E-state index in [1.807, 2.05) is 29.6 Å². The molecule has 1 aliphatic carbocycles. The molecule has 196 valence electrons. The van der Waals surface area contributed by atoms with E-state index in [1.165, 1.54) is 29.4 Å². The molecule has 1 aliphatic heterocycles. The maximum atomic E-state index is 13.5. The Morgan fingerprint density at radius 2 is 2.16 bits per heavy atom. The number of halogens is 1. The number of rotatable bonds is 8. The molecule has 0 amide bonds. The van der Waals surface area contributed by atoms with Crippen LogP contribution in [0.2, 0.25) is 5.02 Å². The number of anilines is 1. The Kier molecular flexibility index (Phi) is 7.59. The summed E-state index contributed by atoms with van der Waals surface area (Å²) in [5.74, 6) is -0.330. The lowest BCUT2D eigenvalue weighted by Gasteiger charge is -2.25. The second kappa shape index (κ2) is 10.7. The fraction of sp³-hybridized carbons (Fsp3) is 0.375. The number of fused-ring (bicyclic) bond motifs is 1. The minimum absolute atomic E-state index is 0.219.